The van der Waals surface area contributed by atoms with Crippen LogP contribution < -0.4 is 0 Å². The molecule has 1 rings (SSSR count). The molecule has 0 fully saturated rings. The Morgan fingerprint density at radius 3 is 2.65 bits per heavy atom. The highest BCUT2D eigenvalue weighted by Gasteiger charge is 2.02. The van der Waals surface area contributed by atoms with Crippen LogP contribution in [-0.2, 0) is 22.6 Å². The molecule has 17 heavy (non-hydrogen) atoms. The summed E-state index contributed by atoms with van der Waals surface area (Å²) in [4.78, 5) is 11.3. The van der Waals surface area contributed by atoms with Crippen LogP contribution in [0.15, 0.2) is 24.3 Å². The standard InChI is InChI=1S/C15H22O2/c1-3-5-8-13-9-6-10-14(11-13)12-17-15(16)7-4-2/h6,9-11H,3-5,7-8,12H2,1-2H3. The zero-order valence-electron chi connectivity index (χ0n) is 10.9. The number of ether oxygens (including phenoxy) is 1. The van der Waals surface area contributed by atoms with Crippen molar-refractivity contribution >= 4 is 5.97 Å². The normalized spacial score (nSPS) is 10.2. The van der Waals surface area contributed by atoms with Crippen LogP contribution in [0, 0.1) is 0 Å². The molecule has 2 heteroatoms. The molecule has 0 heterocycles. The molecule has 0 spiro atoms. The maximum absolute atomic E-state index is 11.3. The van der Waals surface area contributed by atoms with E-state index in [1.54, 1.807) is 0 Å². The summed E-state index contributed by atoms with van der Waals surface area (Å²) in [6.45, 7) is 4.57. The van der Waals surface area contributed by atoms with Crippen molar-refractivity contribution in [1.29, 1.82) is 0 Å². The highest BCUT2D eigenvalue weighted by Crippen LogP contribution is 2.10. The Morgan fingerprint density at radius 2 is 1.94 bits per heavy atom. The molecule has 2 nitrogen and oxygen atoms in total. The number of esters is 1. The van der Waals surface area contributed by atoms with Crippen LogP contribution in [0.4, 0.5) is 0 Å². The molecule has 0 bridgehead atoms. The molecular weight excluding hydrogens is 212 g/mol. The Balaban J connectivity index is 2.45. The quantitative estimate of drug-likeness (QED) is 0.669. The first-order chi connectivity index (χ1) is 8.26. The van der Waals surface area contributed by atoms with Gasteiger partial charge in [0.1, 0.15) is 6.61 Å². The Kier molecular flexibility index (Phi) is 6.38. The van der Waals surface area contributed by atoms with Crippen LogP contribution in [0.3, 0.4) is 0 Å². The number of aryl methyl sites for hydroxylation is 1. The Bertz CT molecular complexity index is 345. The molecule has 0 aliphatic carbocycles. The minimum absolute atomic E-state index is 0.105. The van der Waals surface area contributed by atoms with E-state index in [-0.39, 0.29) is 5.97 Å². The van der Waals surface area contributed by atoms with Crippen molar-refractivity contribution in [1.82, 2.24) is 0 Å². The monoisotopic (exact) mass is 234 g/mol. The van der Waals surface area contributed by atoms with Crippen molar-refractivity contribution in [2.75, 3.05) is 0 Å². The molecule has 0 radical (unpaired) electrons. The molecule has 0 atom stereocenters. The largest absolute Gasteiger partial charge is 0.461 e. The first-order valence-electron chi connectivity index (χ1n) is 6.49. The molecule has 0 saturated heterocycles. The van der Waals surface area contributed by atoms with Gasteiger partial charge >= 0.3 is 5.97 Å². The fraction of sp³-hybridized carbons (Fsp3) is 0.533. The maximum atomic E-state index is 11.3. The molecule has 0 aromatic heterocycles. The van der Waals surface area contributed by atoms with E-state index in [2.05, 4.69) is 19.1 Å². The van der Waals surface area contributed by atoms with E-state index in [1.165, 1.54) is 18.4 Å². The second kappa shape index (κ2) is 7.88. The van der Waals surface area contributed by atoms with Crippen LogP contribution in [0.1, 0.15) is 50.7 Å². The molecule has 0 unspecified atom stereocenters. The number of benzene rings is 1. The molecule has 94 valence electrons. The van der Waals surface area contributed by atoms with Gasteiger partial charge in [-0.25, -0.2) is 0 Å². The molecule has 1 aromatic rings. The number of rotatable bonds is 7. The number of hydrogen-bond acceptors (Lipinski definition) is 2. The summed E-state index contributed by atoms with van der Waals surface area (Å²) in [5, 5.41) is 0. The Labute approximate surface area is 104 Å². The minimum atomic E-state index is -0.105. The number of carbonyl (C=O) groups excluding carboxylic acids is 1. The van der Waals surface area contributed by atoms with E-state index in [9.17, 15) is 4.79 Å². The van der Waals surface area contributed by atoms with Crippen LogP contribution in [-0.4, -0.2) is 5.97 Å². The van der Waals surface area contributed by atoms with Gasteiger partial charge in [-0.3, -0.25) is 4.79 Å². The van der Waals surface area contributed by atoms with Gasteiger partial charge in [0, 0.05) is 6.42 Å². The van der Waals surface area contributed by atoms with E-state index in [0.717, 1.165) is 18.4 Å². The van der Waals surface area contributed by atoms with E-state index in [4.69, 9.17) is 4.74 Å². The fourth-order valence-electron chi connectivity index (χ4n) is 1.70. The van der Waals surface area contributed by atoms with Gasteiger partial charge in [-0.05, 0) is 30.4 Å². The van der Waals surface area contributed by atoms with Crippen molar-refractivity contribution in [2.24, 2.45) is 0 Å². The van der Waals surface area contributed by atoms with Gasteiger partial charge in [0.05, 0.1) is 0 Å². The van der Waals surface area contributed by atoms with E-state index < -0.39 is 0 Å². The molecule has 0 aliphatic heterocycles. The van der Waals surface area contributed by atoms with Gasteiger partial charge in [-0.15, -0.1) is 0 Å². The lowest BCUT2D eigenvalue weighted by atomic mass is 10.1. The Hall–Kier alpha value is -1.31. The lowest BCUT2D eigenvalue weighted by Crippen LogP contribution is -2.03. The summed E-state index contributed by atoms with van der Waals surface area (Å²) in [6, 6.07) is 8.31. The van der Waals surface area contributed by atoms with Crippen LogP contribution >= 0.6 is 0 Å². The van der Waals surface area contributed by atoms with Crippen molar-refractivity contribution in [3.8, 4) is 0 Å². The van der Waals surface area contributed by atoms with E-state index in [1.807, 2.05) is 19.1 Å². The highest BCUT2D eigenvalue weighted by molar-refractivity contribution is 5.69. The van der Waals surface area contributed by atoms with Gasteiger partial charge in [-0.2, -0.15) is 0 Å². The third-order valence-electron chi connectivity index (χ3n) is 2.66. The van der Waals surface area contributed by atoms with Crippen molar-refractivity contribution in [2.45, 2.75) is 52.6 Å². The predicted molar refractivity (Wildman–Crippen MR) is 69.8 cm³/mol. The second-order valence-corrected chi connectivity index (χ2v) is 4.33. The summed E-state index contributed by atoms with van der Waals surface area (Å²) in [6.07, 6.45) is 4.87. The SMILES string of the molecule is CCCCc1cccc(COC(=O)CCC)c1. The summed E-state index contributed by atoms with van der Waals surface area (Å²) in [5.41, 5.74) is 2.42. The van der Waals surface area contributed by atoms with Gasteiger partial charge in [0.25, 0.3) is 0 Å². The Morgan fingerprint density at radius 1 is 1.18 bits per heavy atom. The van der Waals surface area contributed by atoms with Crippen LogP contribution in [0.2, 0.25) is 0 Å². The predicted octanol–water partition coefficient (Wildman–Crippen LogP) is 3.87. The molecule has 0 saturated carbocycles. The zero-order valence-corrected chi connectivity index (χ0v) is 10.9. The van der Waals surface area contributed by atoms with Gasteiger partial charge in [0.15, 0.2) is 0 Å². The van der Waals surface area contributed by atoms with Gasteiger partial charge in [0.2, 0.25) is 0 Å². The smallest absolute Gasteiger partial charge is 0.306 e. The van der Waals surface area contributed by atoms with Crippen molar-refractivity contribution < 1.29 is 9.53 Å². The fourth-order valence-corrected chi connectivity index (χ4v) is 1.70. The summed E-state index contributed by atoms with van der Waals surface area (Å²) in [5.74, 6) is -0.105. The maximum Gasteiger partial charge on any atom is 0.306 e. The van der Waals surface area contributed by atoms with E-state index >= 15 is 0 Å². The molecule has 0 N–H and O–H groups in total. The van der Waals surface area contributed by atoms with Crippen molar-refractivity contribution in [3.05, 3.63) is 35.4 Å². The number of carbonyl (C=O) groups is 1. The minimum Gasteiger partial charge on any atom is -0.461 e. The van der Waals surface area contributed by atoms with Crippen LogP contribution in [0.5, 0.6) is 0 Å². The highest BCUT2D eigenvalue weighted by atomic mass is 16.5. The number of hydrogen-bond donors (Lipinski definition) is 0. The van der Waals surface area contributed by atoms with E-state index in [0.29, 0.717) is 13.0 Å². The lowest BCUT2D eigenvalue weighted by Gasteiger charge is -2.06. The third kappa shape index (κ3) is 5.53. The van der Waals surface area contributed by atoms with Gasteiger partial charge < -0.3 is 4.74 Å². The summed E-state index contributed by atoms with van der Waals surface area (Å²) >= 11 is 0. The second-order valence-electron chi connectivity index (χ2n) is 4.33. The first-order valence-corrected chi connectivity index (χ1v) is 6.49. The molecule has 0 aliphatic rings. The average Bonchev–Trinajstić information content (AvgIpc) is 2.35. The first kappa shape index (κ1) is 13.8. The van der Waals surface area contributed by atoms with Crippen molar-refractivity contribution in [3.63, 3.8) is 0 Å². The average molecular weight is 234 g/mol. The molecular formula is C15H22O2. The summed E-state index contributed by atoms with van der Waals surface area (Å²) in [7, 11) is 0. The zero-order chi connectivity index (χ0) is 12.5. The molecule has 0 amide bonds. The number of unbranched alkanes of at least 4 members (excludes halogenated alkanes) is 1. The third-order valence-corrected chi connectivity index (χ3v) is 2.66. The summed E-state index contributed by atoms with van der Waals surface area (Å²) < 4.78 is 5.19. The lowest BCUT2D eigenvalue weighted by molar-refractivity contribution is -0.144. The van der Waals surface area contributed by atoms with Gasteiger partial charge in [-0.1, -0.05) is 44.5 Å². The van der Waals surface area contributed by atoms with Crippen LogP contribution in [0.25, 0.3) is 0 Å². The topological polar surface area (TPSA) is 26.3 Å². The molecule has 1 aromatic carbocycles.